The van der Waals surface area contributed by atoms with Crippen molar-refractivity contribution in [1.82, 2.24) is 0 Å². The molecule has 0 aliphatic heterocycles. The Balaban J connectivity index is 2.44. The first-order chi connectivity index (χ1) is 6.15. The predicted octanol–water partition coefficient (Wildman–Crippen LogP) is 1.05. The Bertz CT molecular complexity index is 208. The summed E-state index contributed by atoms with van der Waals surface area (Å²) in [4.78, 5) is 21.8. The summed E-state index contributed by atoms with van der Waals surface area (Å²) in [5.41, 5.74) is 0. The molecule has 0 aromatic heterocycles. The van der Waals surface area contributed by atoms with Crippen molar-refractivity contribution in [3.05, 3.63) is 0 Å². The van der Waals surface area contributed by atoms with Crippen LogP contribution in [0, 0.1) is 11.8 Å². The van der Waals surface area contributed by atoms with Gasteiger partial charge in [0.15, 0.2) is 5.92 Å². The second-order valence-electron chi connectivity index (χ2n) is 3.32. The molecular weight excluding hydrogens is 172 g/mol. The molecule has 1 unspecified atom stereocenters. The molecule has 0 radical (unpaired) electrons. The maximum Gasteiger partial charge on any atom is 0.320 e. The van der Waals surface area contributed by atoms with Crippen LogP contribution in [-0.2, 0) is 14.3 Å². The van der Waals surface area contributed by atoms with E-state index in [0.29, 0.717) is 12.3 Å². The van der Waals surface area contributed by atoms with Crippen molar-refractivity contribution in [2.45, 2.75) is 26.2 Å². The van der Waals surface area contributed by atoms with Crippen molar-refractivity contribution in [2.75, 3.05) is 6.61 Å². The molecule has 74 valence electrons. The minimum atomic E-state index is -1.06. The van der Waals surface area contributed by atoms with Crippen LogP contribution in [0.3, 0.4) is 0 Å². The minimum Gasteiger partial charge on any atom is -0.481 e. The molecule has 0 heterocycles. The fourth-order valence-electron chi connectivity index (χ4n) is 1.23. The molecular formula is C9H14O4. The Hall–Kier alpha value is -1.06. The Morgan fingerprint density at radius 1 is 1.54 bits per heavy atom. The predicted molar refractivity (Wildman–Crippen MR) is 45.1 cm³/mol. The molecule has 0 aromatic rings. The normalized spacial score (nSPS) is 17.9. The molecule has 13 heavy (non-hydrogen) atoms. The van der Waals surface area contributed by atoms with Crippen molar-refractivity contribution < 1.29 is 19.4 Å². The van der Waals surface area contributed by atoms with Crippen molar-refractivity contribution in [3.8, 4) is 0 Å². The van der Waals surface area contributed by atoms with Crippen LogP contribution in [0.5, 0.6) is 0 Å². The standard InChI is InChI=1S/C9H14O4/c1-2-13-9(12)7(8(10)11)5-6-3-4-6/h6-7H,2-5H2,1H3,(H,10,11). The van der Waals surface area contributed by atoms with E-state index in [9.17, 15) is 9.59 Å². The van der Waals surface area contributed by atoms with Crippen molar-refractivity contribution >= 4 is 11.9 Å². The van der Waals surface area contributed by atoms with Crippen LogP contribution < -0.4 is 0 Å². The van der Waals surface area contributed by atoms with Gasteiger partial charge in [0.25, 0.3) is 0 Å². The molecule has 1 saturated carbocycles. The fourth-order valence-corrected chi connectivity index (χ4v) is 1.23. The Kier molecular flexibility index (Phi) is 3.28. The van der Waals surface area contributed by atoms with E-state index in [1.807, 2.05) is 0 Å². The first kappa shape index (κ1) is 10.0. The molecule has 4 nitrogen and oxygen atoms in total. The quantitative estimate of drug-likeness (QED) is 0.515. The molecule has 0 spiro atoms. The van der Waals surface area contributed by atoms with E-state index in [2.05, 4.69) is 4.74 Å². The van der Waals surface area contributed by atoms with Crippen LogP contribution in [-0.4, -0.2) is 23.7 Å². The first-order valence-corrected chi connectivity index (χ1v) is 4.54. The lowest BCUT2D eigenvalue weighted by Gasteiger charge is -2.09. The molecule has 0 bridgehead atoms. The first-order valence-electron chi connectivity index (χ1n) is 4.54. The number of hydrogen-bond donors (Lipinski definition) is 1. The van der Waals surface area contributed by atoms with Crippen LogP contribution in [0.2, 0.25) is 0 Å². The van der Waals surface area contributed by atoms with Gasteiger partial charge in [-0.05, 0) is 19.3 Å². The van der Waals surface area contributed by atoms with Crippen LogP contribution in [0.1, 0.15) is 26.2 Å². The molecule has 4 heteroatoms. The van der Waals surface area contributed by atoms with Crippen LogP contribution in [0.15, 0.2) is 0 Å². The third-order valence-electron chi connectivity index (χ3n) is 2.14. The van der Waals surface area contributed by atoms with Gasteiger partial charge < -0.3 is 9.84 Å². The van der Waals surface area contributed by atoms with Crippen molar-refractivity contribution in [2.24, 2.45) is 11.8 Å². The van der Waals surface area contributed by atoms with Crippen molar-refractivity contribution in [3.63, 3.8) is 0 Å². The van der Waals surface area contributed by atoms with E-state index in [4.69, 9.17) is 5.11 Å². The van der Waals surface area contributed by atoms with Gasteiger partial charge in [-0.1, -0.05) is 12.8 Å². The summed E-state index contributed by atoms with van der Waals surface area (Å²) in [5, 5.41) is 8.75. The van der Waals surface area contributed by atoms with Gasteiger partial charge in [-0.3, -0.25) is 9.59 Å². The highest BCUT2D eigenvalue weighted by molar-refractivity contribution is 5.93. The maximum absolute atomic E-state index is 11.1. The minimum absolute atomic E-state index is 0.243. The molecule has 0 amide bonds. The Morgan fingerprint density at radius 3 is 2.54 bits per heavy atom. The summed E-state index contributed by atoms with van der Waals surface area (Å²) in [5.74, 6) is -2.19. The number of carboxylic acids is 1. The van der Waals surface area contributed by atoms with Gasteiger partial charge in [0.2, 0.25) is 0 Å². The van der Waals surface area contributed by atoms with Gasteiger partial charge in [0, 0.05) is 0 Å². The zero-order valence-electron chi connectivity index (χ0n) is 7.66. The van der Waals surface area contributed by atoms with E-state index in [0.717, 1.165) is 12.8 Å². The van der Waals surface area contributed by atoms with Gasteiger partial charge in [0.1, 0.15) is 0 Å². The second kappa shape index (κ2) is 4.25. The highest BCUT2D eigenvalue weighted by atomic mass is 16.5. The van der Waals surface area contributed by atoms with E-state index < -0.39 is 17.9 Å². The summed E-state index contributed by atoms with van der Waals surface area (Å²) in [6.45, 7) is 1.92. The largest absolute Gasteiger partial charge is 0.481 e. The fraction of sp³-hybridized carbons (Fsp3) is 0.778. The molecule has 1 aliphatic carbocycles. The van der Waals surface area contributed by atoms with E-state index >= 15 is 0 Å². The average molecular weight is 186 g/mol. The number of rotatable bonds is 5. The van der Waals surface area contributed by atoms with Gasteiger partial charge in [-0.25, -0.2) is 0 Å². The van der Waals surface area contributed by atoms with E-state index in [-0.39, 0.29) is 6.61 Å². The highest BCUT2D eigenvalue weighted by Crippen LogP contribution is 2.35. The number of carboxylic acid groups (broad SMARTS) is 1. The van der Waals surface area contributed by atoms with E-state index in [1.165, 1.54) is 0 Å². The molecule has 1 N–H and O–H groups in total. The molecule has 1 rings (SSSR count). The number of hydrogen-bond acceptors (Lipinski definition) is 3. The molecule has 0 saturated heterocycles. The summed E-state index contributed by atoms with van der Waals surface area (Å²) in [6, 6.07) is 0. The summed E-state index contributed by atoms with van der Waals surface area (Å²) in [6.07, 6.45) is 2.53. The SMILES string of the molecule is CCOC(=O)C(CC1CC1)C(=O)O. The third kappa shape index (κ3) is 3.05. The van der Waals surface area contributed by atoms with Crippen LogP contribution in [0.25, 0.3) is 0 Å². The lowest BCUT2D eigenvalue weighted by Crippen LogP contribution is -2.26. The Labute approximate surface area is 76.9 Å². The highest BCUT2D eigenvalue weighted by Gasteiger charge is 2.34. The number of esters is 1. The van der Waals surface area contributed by atoms with Gasteiger partial charge >= 0.3 is 11.9 Å². The molecule has 1 atom stereocenters. The second-order valence-corrected chi connectivity index (χ2v) is 3.32. The zero-order valence-corrected chi connectivity index (χ0v) is 7.66. The number of aliphatic carboxylic acids is 1. The average Bonchev–Trinajstić information content (AvgIpc) is 2.83. The van der Waals surface area contributed by atoms with Gasteiger partial charge in [-0.2, -0.15) is 0 Å². The third-order valence-corrected chi connectivity index (χ3v) is 2.14. The van der Waals surface area contributed by atoms with Gasteiger partial charge in [-0.15, -0.1) is 0 Å². The van der Waals surface area contributed by atoms with E-state index in [1.54, 1.807) is 6.92 Å². The lowest BCUT2D eigenvalue weighted by molar-refractivity contribution is -0.158. The molecule has 1 aliphatic rings. The zero-order chi connectivity index (χ0) is 9.84. The summed E-state index contributed by atoms with van der Waals surface area (Å²) in [7, 11) is 0. The monoisotopic (exact) mass is 186 g/mol. The number of ether oxygens (including phenoxy) is 1. The Morgan fingerprint density at radius 2 is 2.15 bits per heavy atom. The van der Waals surface area contributed by atoms with Crippen LogP contribution >= 0.6 is 0 Å². The smallest absolute Gasteiger partial charge is 0.320 e. The number of carbonyl (C=O) groups excluding carboxylic acids is 1. The summed E-state index contributed by atoms with van der Waals surface area (Å²) >= 11 is 0. The van der Waals surface area contributed by atoms with Gasteiger partial charge in [0.05, 0.1) is 6.61 Å². The topological polar surface area (TPSA) is 63.6 Å². The van der Waals surface area contributed by atoms with Crippen molar-refractivity contribution in [1.29, 1.82) is 0 Å². The lowest BCUT2D eigenvalue weighted by atomic mass is 10.0. The molecule has 1 fully saturated rings. The molecule has 0 aromatic carbocycles. The number of carbonyl (C=O) groups is 2. The maximum atomic E-state index is 11.1. The van der Waals surface area contributed by atoms with Crippen LogP contribution in [0.4, 0.5) is 0 Å². The summed E-state index contributed by atoms with van der Waals surface area (Å²) < 4.78 is 4.67.